The topological polar surface area (TPSA) is 83.8 Å². The van der Waals surface area contributed by atoms with Gasteiger partial charge in [0.1, 0.15) is 6.54 Å². The molecule has 1 N–H and O–H groups in total. The molecule has 6 nitrogen and oxygen atoms in total. The predicted octanol–water partition coefficient (Wildman–Crippen LogP) is 1.81. The molecule has 0 aliphatic heterocycles. The summed E-state index contributed by atoms with van der Waals surface area (Å²) < 4.78 is 39.0. The van der Waals surface area contributed by atoms with Crippen molar-refractivity contribution in [1.29, 1.82) is 5.26 Å². The molecule has 0 radical (unpaired) electrons. The molecule has 1 atom stereocenters. The van der Waals surface area contributed by atoms with Crippen molar-refractivity contribution >= 4 is 11.6 Å². The molecule has 1 aromatic carbocycles. The highest BCUT2D eigenvalue weighted by atomic mass is 35.5. The quantitative estimate of drug-likeness (QED) is 0.915. The van der Waals surface area contributed by atoms with E-state index in [4.69, 9.17) is 16.9 Å². The van der Waals surface area contributed by atoms with E-state index in [1.807, 2.05) is 0 Å². The maximum absolute atomic E-state index is 12.5. The van der Waals surface area contributed by atoms with Gasteiger partial charge in [0.25, 0.3) is 0 Å². The second-order valence-electron chi connectivity index (χ2n) is 4.60. The fourth-order valence-electron chi connectivity index (χ4n) is 1.86. The minimum atomic E-state index is -4.88. The molecule has 1 aromatic heterocycles. The van der Waals surface area contributed by atoms with Gasteiger partial charge in [-0.25, -0.2) is 4.79 Å². The lowest BCUT2D eigenvalue weighted by Crippen LogP contribution is -2.37. The molecule has 2 aromatic rings. The average molecular weight is 347 g/mol. The monoisotopic (exact) mass is 346 g/mol. The lowest BCUT2D eigenvalue weighted by atomic mass is 10.2. The van der Waals surface area contributed by atoms with Crippen molar-refractivity contribution in [1.82, 2.24) is 14.3 Å². The zero-order valence-corrected chi connectivity index (χ0v) is 12.2. The number of alkyl halides is 3. The lowest BCUT2D eigenvalue weighted by Gasteiger charge is -2.15. The zero-order chi connectivity index (χ0) is 17.2. The Morgan fingerprint density at radius 3 is 2.48 bits per heavy atom. The van der Waals surface area contributed by atoms with Gasteiger partial charge in [-0.05, 0) is 24.3 Å². The van der Waals surface area contributed by atoms with Crippen molar-refractivity contribution in [3.63, 3.8) is 0 Å². The van der Waals surface area contributed by atoms with Crippen LogP contribution in [-0.2, 0) is 13.1 Å². The van der Waals surface area contributed by atoms with Gasteiger partial charge in [-0.2, -0.15) is 23.1 Å². The van der Waals surface area contributed by atoms with Crippen LogP contribution in [0.4, 0.5) is 13.2 Å². The van der Waals surface area contributed by atoms with Gasteiger partial charge in [0.15, 0.2) is 11.9 Å². The van der Waals surface area contributed by atoms with E-state index in [1.165, 1.54) is 24.3 Å². The van der Waals surface area contributed by atoms with Gasteiger partial charge >= 0.3 is 11.9 Å². The van der Waals surface area contributed by atoms with E-state index < -0.39 is 31.1 Å². The van der Waals surface area contributed by atoms with Crippen molar-refractivity contribution in [2.24, 2.45) is 0 Å². The Labute approximate surface area is 132 Å². The molecule has 0 saturated heterocycles. The molecule has 0 spiro atoms. The highest BCUT2D eigenvalue weighted by Gasteiger charge is 2.39. The molecule has 0 bridgehead atoms. The summed E-state index contributed by atoms with van der Waals surface area (Å²) in [5.41, 5.74) is -0.586. The summed E-state index contributed by atoms with van der Waals surface area (Å²) in [7, 11) is 0. The summed E-state index contributed by atoms with van der Waals surface area (Å²) in [5.74, 6) is -0.0924. The van der Waals surface area contributed by atoms with E-state index in [0.29, 0.717) is 15.2 Å². The molecule has 10 heteroatoms. The van der Waals surface area contributed by atoms with Gasteiger partial charge in [-0.3, -0.25) is 4.57 Å². The normalized spacial score (nSPS) is 12.9. The van der Waals surface area contributed by atoms with Gasteiger partial charge in [0, 0.05) is 10.6 Å². The van der Waals surface area contributed by atoms with Crippen molar-refractivity contribution in [3.8, 4) is 17.5 Å². The Bertz CT molecular complexity index is 790. The van der Waals surface area contributed by atoms with Crippen LogP contribution in [0.15, 0.2) is 29.1 Å². The maximum atomic E-state index is 12.5. The maximum Gasteiger partial charge on any atom is 0.416 e. The molecule has 0 fully saturated rings. The molecule has 0 amide bonds. The number of nitrogens with zero attached hydrogens (tertiary/aromatic N) is 4. The standard InChI is InChI=1S/C13H10ClF3N4O2/c14-9-3-1-8(2-4-9)11-19-21(6-5-18)12(23)20(11)7-10(22)13(15,16)17/h1-4,10,22H,6-7H2/t10-/m1/s1. The third kappa shape index (κ3) is 3.72. The molecular weight excluding hydrogens is 337 g/mol. The third-order valence-electron chi connectivity index (χ3n) is 2.98. The van der Waals surface area contributed by atoms with Gasteiger partial charge in [-0.15, -0.1) is 5.10 Å². The SMILES string of the molecule is N#CCn1nc(-c2ccc(Cl)cc2)n(C[C@@H](O)C(F)(F)F)c1=O. The van der Waals surface area contributed by atoms with Crippen LogP contribution in [0.25, 0.3) is 11.4 Å². The van der Waals surface area contributed by atoms with Crippen molar-refractivity contribution < 1.29 is 18.3 Å². The van der Waals surface area contributed by atoms with Crippen LogP contribution in [0.3, 0.4) is 0 Å². The predicted molar refractivity (Wildman–Crippen MR) is 74.6 cm³/mol. The molecule has 122 valence electrons. The highest BCUT2D eigenvalue weighted by molar-refractivity contribution is 6.30. The average Bonchev–Trinajstić information content (AvgIpc) is 2.77. The molecule has 23 heavy (non-hydrogen) atoms. The summed E-state index contributed by atoms with van der Waals surface area (Å²) in [5, 5.41) is 22.1. The third-order valence-corrected chi connectivity index (χ3v) is 3.23. The second kappa shape index (κ2) is 6.44. The van der Waals surface area contributed by atoms with E-state index in [2.05, 4.69) is 5.10 Å². The van der Waals surface area contributed by atoms with E-state index in [-0.39, 0.29) is 5.82 Å². The summed E-state index contributed by atoms with van der Waals surface area (Å²) in [6, 6.07) is 7.59. The van der Waals surface area contributed by atoms with Crippen LogP contribution in [0, 0.1) is 11.3 Å². The summed E-state index contributed by atoms with van der Waals surface area (Å²) in [6.07, 6.45) is -7.61. The smallest absolute Gasteiger partial charge is 0.382 e. The first-order valence-electron chi connectivity index (χ1n) is 6.29. The van der Waals surface area contributed by atoms with Crippen molar-refractivity contribution in [2.45, 2.75) is 25.4 Å². The number of hydrogen-bond donors (Lipinski definition) is 1. The van der Waals surface area contributed by atoms with Crippen LogP contribution in [0.1, 0.15) is 0 Å². The number of aromatic nitrogens is 3. The number of aliphatic hydroxyl groups is 1. The molecule has 0 aliphatic carbocycles. The fraction of sp³-hybridized carbons (Fsp3) is 0.308. The summed E-state index contributed by atoms with van der Waals surface area (Å²) >= 11 is 5.74. The Hall–Kier alpha value is -2.31. The van der Waals surface area contributed by atoms with Gasteiger partial charge in [-0.1, -0.05) is 11.6 Å². The molecule has 1 heterocycles. The van der Waals surface area contributed by atoms with Crippen LogP contribution in [0.2, 0.25) is 5.02 Å². The minimum absolute atomic E-state index is 0.0924. The number of hydrogen-bond acceptors (Lipinski definition) is 4. The van der Waals surface area contributed by atoms with Gasteiger partial charge < -0.3 is 5.11 Å². The highest BCUT2D eigenvalue weighted by Crippen LogP contribution is 2.23. The minimum Gasteiger partial charge on any atom is -0.382 e. The fourth-order valence-corrected chi connectivity index (χ4v) is 1.99. The molecule has 0 aliphatic rings. The van der Waals surface area contributed by atoms with Crippen LogP contribution in [-0.4, -0.2) is 31.7 Å². The zero-order valence-electron chi connectivity index (χ0n) is 11.5. The first-order chi connectivity index (χ1) is 10.7. The summed E-state index contributed by atoms with van der Waals surface area (Å²) in [6.45, 7) is -1.44. The Balaban J connectivity index is 2.52. The Morgan fingerprint density at radius 1 is 1.35 bits per heavy atom. The molecular formula is C13H10ClF3N4O2. The lowest BCUT2D eigenvalue weighted by molar-refractivity contribution is -0.207. The van der Waals surface area contributed by atoms with Gasteiger partial charge in [0.05, 0.1) is 12.6 Å². The molecule has 0 unspecified atom stereocenters. The van der Waals surface area contributed by atoms with E-state index >= 15 is 0 Å². The van der Waals surface area contributed by atoms with Crippen molar-refractivity contribution in [3.05, 3.63) is 39.8 Å². The molecule has 0 saturated carbocycles. The molecule has 2 rings (SSSR count). The van der Waals surface area contributed by atoms with E-state index in [1.54, 1.807) is 6.07 Å². The number of benzene rings is 1. The van der Waals surface area contributed by atoms with Crippen LogP contribution >= 0.6 is 11.6 Å². The van der Waals surface area contributed by atoms with E-state index in [0.717, 1.165) is 4.68 Å². The van der Waals surface area contributed by atoms with Crippen molar-refractivity contribution in [2.75, 3.05) is 0 Å². The van der Waals surface area contributed by atoms with Gasteiger partial charge in [0.2, 0.25) is 0 Å². The first-order valence-corrected chi connectivity index (χ1v) is 6.67. The van der Waals surface area contributed by atoms with Crippen LogP contribution in [0.5, 0.6) is 0 Å². The number of halogens is 4. The Kier molecular flexibility index (Phi) is 4.77. The second-order valence-corrected chi connectivity index (χ2v) is 5.03. The summed E-state index contributed by atoms with van der Waals surface area (Å²) in [4.78, 5) is 12.1. The number of nitriles is 1. The first kappa shape index (κ1) is 17.1. The Morgan fingerprint density at radius 2 is 1.96 bits per heavy atom. The largest absolute Gasteiger partial charge is 0.416 e. The number of rotatable bonds is 4. The van der Waals surface area contributed by atoms with E-state index in [9.17, 15) is 23.1 Å². The number of aliphatic hydroxyl groups excluding tert-OH is 1. The van der Waals surface area contributed by atoms with Crippen LogP contribution < -0.4 is 5.69 Å².